The number of hydrogen-bond acceptors (Lipinski definition) is 3. The van der Waals surface area contributed by atoms with Crippen molar-refractivity contribution in [1.29, 1.82) is 0 Å². The van der Waals surface area contributed by atoms with Gasteiger partial charge in [-0.25, -0.2) is 13.8 Å². The van der Waals surface area contributed by atoms with E-state index in [0.29, 0.717) is 18.4 Å². The predicted octanol–water partition coefficient (Wildman–Crippen LogP) is 2.84. The van der Waals surface area contributed by atoms with E-state index in [-0.39, 0.29) is 6.04 Å². The molecule has 1 atom stereocenters. The molecule has 0 saturated heterocycles. The molecule has 0 fully saturated rings. The molecule has 96 valence electrons. The highest BCUT2D eigenvalue weighted by Gasteiger charge is 2.09. The van der Waals surface area contributed by atoms with Gasteiger partial charge in [0.25, 0.3) is 0 Å². The quantitative estimate of drug-likeness (QED) is 0.926. The molecule has 0 saturated carbocycles. The monoisotopic (exact) mass is 268 g/mol. The number of benzene rings is 1. The van der Waals surface area contributed by atoms with E-state index in [1.54, 1.807) is 11.3 Å². The smallest absolute Gasteiger partial charge is 0.126 e. The van der Waals surface area contributed by atoms with Gasteiger partial charge in [0.1, 0.15) is 11.6 Å². The zero-order valence-corrected chi connectivity index (χ0v) is 10.8. The number of aryl methyl sites for hydroxylation is 1. The fraction of sp³-hybridized carbons (Fsp3) is 0.308. The van der Waals surface area contributed by atoms with Gasteiger partial charge >= 0.3 is 0 Å². The van der Waals surface area contributed by atoms with Crippen LogP contribution < -0.4 is 5.73 Å². The highest BCUT2D eigenvalue weighted by atomic mass is 32.1. The second-order valence-electron chi connectivity index (χ2n) is 4.30. The minimum absolute atomic E-state index is 0.187. The lowest BCUT2D eigenvalue weighted by atomic mass is 10.0. The summed E-state index contributed by atoms with van der Waals surface area (Å²) >= 11 is 1.57. The Kier molecular flexibility index (Phi) is 4.04. The van der Waals surface area contributed by atoms with E-state index >= 15 is 0 Å². The number of aromatic nitrogens is 1. The summed E-state index contributed by atoms with van der Waals surface area (Å²) in [5.41, 5.74) is 7.48. The van der Waals surface area contributed by atoms with Gasteiger partial charge in [-0.2, -0.15) is 0 Å². The molecule has 2 N–H and O–H groups in total. The second kappa shape index (κ2) is 5.54. The molecule has 1 unspecified atom stereocenters. The lowest BCUT2D eigenvalue weighted by molar-refractivity contribution is 0.574. The standard InChI is InChI=1S/C13H14F2N2S/c1-8-17-13(7-18-8)6-12(16)4-9-2-10(14)5-11(15)3-9/h2-3,5,7,12H,4,6,16H2,1H3. The van der Waals surface area contributed by atoms with Crippen molar-refractivity contribution in [3.63, 3.8) is 0 Å². The molecule has 0 radical (unpaired) electrons. The van der Waals surface area contributed by atoms with Gasteiger partial charge in [-0.15, -0.1) is 11.3 Å². The van der Waals surface area contributed by atoms with Crippen LogP contribution in [0.5, 0.6) is 0 Å². The largest absolute Gasteiger partial charge is 0.327 e. The van der Waals surface area contributed by atoms with Gasteiger partial charge in [-0.05, 0) is 31.0 Å². The molecular formula is C13H14F2N2S. The van der Waals surface area contributed by atoms with Crippen LogP contribution in [-0.2, 0) is 12.8 Å². The van der Waals surface area contributed by atoms with Crippen LogP contribution in [0, 0.1) is 18.6 Å². The number of hydrogen-bond donors (Lipinski definition) is 1. The van der Waals surface area contributed by atoms with Crippen molar-refractivity contribution >= 4 is 11.3 Å². The average Bonchev–Trinajstić information content (AvgIpc) is 2.61. The van der Waals surface area contributed by atoms with Gasteiger partial charge in [-0.3, -0.25) is 0 Å². The van der Waals surface area contributed by atoms with Crippen molar-refractivity contribution in [1.82, 2.24) is 4.98 Å². The maximum absolute atomic E-state index is 13.0. The van der Waals surface area contributed by atoms with Gasteiger partial charge < -0.3 is 5.73 Å². The molecule has 2 nitrogen and oxygen atoms in total. The molecule has 1 heterocycles. The molecule has 2 aromatic rings. The Hall–Kier alpha value is -1.33. The molecule has 1 aromatic carbocycles. The van der Waals surface area contributed by atoms with Gasteiger partial charge in [0.2, 0.25) is 0 Å². The summed E-state index contributed by atoms with van der Waals surface area (Å²) in [7, 11) is 0. The molecule has 0 aliphatic heterocycles. The molecule has 0 amide bonds. The summed E-state index contributed by atoms with van der Waals surface area (Å²) in [6.45, 7) is 1.93. The molecule has 2 rings (SSSR count). The fourth-order valence-electron chi connectivity index (χ4n) is 1.87. The lowest BCUT2D eigenvalue weighted by Gasteiger charge is -2.10. The number of rotatable bonds is 4. The lowest BCUT2D eigenvalue weighted by Crippen LogP contribution is -2.25. The summed E-state index contributed by atoms with van der Waals surface area (Å²) < 4.78 is 26.0. The van der Waals surface area contributed by atoms with Gasteiger partial charge in [0, 0.05) is 23.9 Å². The second-order valence-corrected chi connectivity index (χ2v) is 5.37. The normalized spacial score (nSPS) is 12.7. The van der Waals surface area contributed by atoms with Crippen LogP contribution in [0.4, 0.5) is 8.78 Å². The number of thiazole rings is 1. The first-order chi connectivity index (χ1) is 8.52. The Morgan fingerprint density at radius 1 is 1.22 bits per heavy atom. The predicted molar refractivity (Wildman–Crippen MR) is 68.6 cm³/mol. The molecule has 0 aliphatic carbocycles. The Balaban J connectivity index is 2.00. The SMILES string of the molecule is Cc1nc(CC(N)Cc2cc(F)cc(F)c2)cs1. The Labute approximate surface area is 108 Å². The number of nitrogens with two attached hydrogens (primary N) is 1. The average molecular weight is 268 g/mol. The van der Waals surface area contributed by atoms with Crippen LogP contribution in [0.25, 0.3) is 0 Å². The minimum Gasteiger partial charge on any atom is -0.327 e. The van der Waals surface area contributed by atoms with Crippen molar-refractivity contribution in [3.05, 3.63) is 51.5 Å². The van der Waals surface area contributed by atoms with E-state index in [2.05, 4.69) is 4.98 Å². The first kappa shape index (κ1) is 13.1. The van der Waals surface area contributed by atoms with Crippen LogP contribution in [0.1, 0.15) is 16.3 Å². The maximum atomic E-state index is 13.0. The van der Waals surface area contributed by atoms with Crippen molar-refractivity contribution < 1.29 is 8.78 Å². The van der Waals surface area contributed by atoms with Crippen LogP contribution in [-0.4, -0.2) is 11.0 Å². The van der Waals surface area contributed by atoms with Gasteiger partial charge in [0.05, 0.1) is 10.7 Å². The van der Waals surface area contributed by atoms with Crippen molar-refractivity contribution in [2.45, 2.75) is 25.8 Å². The first-order valence-corrected chi connectivity index (χ1v) is 6.52. The Morgan fingerprint density at radius 3 is 2.44 bits per heavy atom. The van der Waals surface area contributed by atoms with E-state index in [0.717, 1.165) is 16.8 Å². The summed E-state index contributed by atoms with van der Waals surface area (Å²) in [6.07, 6.45) is 1.05. The highest BCUT2D eigenvalue weighted by molar-refractivity contribution is 7.09. The van der Waals surface area contributed by atoms with Crippen molar-refractivity contribution in [2.24, 2.45) is 5.73 Å². The molecular weight excluding hydrogens is 254 g/mol. The van der Waals surface area contributed by atoms with E-state index in [4.69, 9.17) is 5.73 Å². The van der Waals surface area contributed by atoms with Crippen LogP contribution in [0.15, 0.2) is 23.6 Å². The summed E-state index contributed by atoms with van der Waals surface area (Å²) in [5, 5.41) is 2.95. The first-order valence-electron chi connectivity index (χ1n) is 5.64. The van der Waals surface area contributed by atoms with Crippen LogP contribution >= 0.6 is 11.3 Å². The van der Waals surface area contributed by atoms with Crippen LogP contribution in [0.2, 0.25) is 0 Å². The van der Waals surface area contributed by atoms with Crippen molar-refractivity contribution in [3.8, 4) is 0 Å². The maximum Gasteiger partial charge on any atom is 0.126 e. The van der Waals surface area contributed by atoms with Gasteiger partial charge in [0.15, 0.2) is 0 Å². The highest BCUT2D eigenvalue weighted by Crippen LogP contribution is 2.13. The summed E-state index contributed by atoms with van der Waals surface area (Å²) in [6, 6.07) is 3.30. The molecule has 1 aromatic heterocycles. The fourth-order valence-corrected chi connectivity index (χ4v) is 2.50. The van der Waals surface area contributed by atoms with E-state index < -0.39 is 11.6 Å². The van der Waals surface area contributed by atoms with Crippen LogP contribution in [0.3, 0.4) is 0 Å². The summed E-state index contributed by atoms with van der Waals surface area (Å²) in [5.74, 6) is -1.14. The number of nitrogens with zero attached hydrogens (tertiary/aromatic N) is 1. The molecule has 0 aliphatic rings. The van der Waals surface area contributed by atoms with Crippen molar-refractivity contribution in [2.75, 3.05) is 0 Å². The zero-order valence-electron chi connectivity index (χ0n) is 9.99. The van der Waals surface area contributed by atoms with E-state index in [9.17, 15) is 8.78 Å². The molecule has 0 bridgehead atoms. The Bertz CT molecular complexity index is 519. The topological polar surface area (TPSA) is 38.9 Å². The molecule has 0 spiro atoms. The summed E-state index contributed by atoms with van der Waals surface area (Å²) in [4.78, 5) is 4.32. The third-order valence-electron chi connectivity index (χ3n) is 2.56. The molecule has 5 heteroatoms. The zero-order chi connectivity index (χ0) is 13.1. The third-order valence-corrected chi connectivity index (χ3v) is 3.38. The third kappa shape index (κ3) is 3.58. The van der Waals surface area contributed by atoms with E-state index in [1.165, 1.54) is 12.1 Å². The van der Waals surface area contributed by atoms with Gasteiger partial charge in [-0.1, -0.05) is 0 Å². The van der Waals surface area contributed by atoms with E-state index in [1.807, 2.05) is 12.3 Å². The Morgan fingerprint density at radius 2 is 1.89 bits per heavy atom. The molecule has 18 heavy (non-hydrogen) atoms. The minimum atomic E-state index is -0.568. The number of halogens is 2.